The first kappa shape index (κ1) is 16.4. The van der Waals surface area contributed by atoms with Gasteiger partial charge in [0, 0.05) is 12.6 Å². The largest absolute Gasteiger partial charge is 0.468 e. The van der Waals surface area contributed by atoms with Crippen LogP contribution in [-0.4, -0.2) is 49.2 Å². The van der Waals surface area contributed by atoms with Gasteiger partial charge in [0.1, 0.15) is 5.54 Å². The minimum absolute atomic E-state index is 0.156. The molecular weight excluding hydrogens is 240 g/mol. The minimum atomic E-state index is -0.574. The van der Waals surface area contributed by atoms with Crippen molar-refractivity contribution in [1.29, 1.82) is 0 Å². The van der Waals surface area contributed by atoms with E-state index in [0.717, 1.165) is 13.0 Å². The van der Waals surface area contributed by atoms with Crippen molar-refractivity contribution in [2.45, 2.75) is 64.5 Å². The molecule has 1 atom stereocenters. The Morgan fingerprint density at radius 1 is 1.26 bits per heavy atom. The second kappa shape index (κ2) is 7.85. The van der Waals surface area contributed by atoms with E-state index in [1.165, 1.54) is 45.9 Å². The molecular formula is C15H30N2O2. The molecule has 1 heterocycles. The van der Waals surface area contributed by atoms with Crippen LogP contribution in [0.25, 0.3) is 0 Å². The molecule has 1 rings (SSSR count). The van der Waals surface area contributed by atoms with E-state index in [4.69, 9.17) is 4.74 Å². The molecule has 0 aromatic carbocycles. The van der Waals surface area contributed by atoms with Crippen molar-refractivity contribution < 1.29 is 9.53 Å². The van der Waals surface area contributed by atoms with Crippen molar-refractivity contribution in [3.05, 3.63) is 0 Å². The first-order valence-corrected chi connectivity index (χ1v) is 7.56. The van der Waals surface area contributed by atoms with Gasteiger partial charge in [-0.15, -0.1) is 0 Å². The van der Waals surface area contributed by atoms with Gasteiger partial charge in [0.05, 0.1) is 7.11 Å². The lowest BCUT2D eigenvalue weighted by Crippen LogP contribution is -2.54. The second-order valence-electron chi connectivity index (χ2n) is 6.13. The Morgan fingerprint density at radius 2 is 1.84 bits per heavy atom. The molecule has 0 aliphatic carbocycles. The summed E-state index contributed by atoms with van der Waals surface area (Å²) in [7, 11) is 1.47. The number of carbonyl (C=O) groups is 1. The van der Waals surface area contributed by atoms with E-state index in [2.05, 4.69) is 24.1 Å². The van der Waals surface area contributed by atoms with Gasteiger partial charge in [-0.25, -0.2) is 0 Å². The standard InChI is InChI=1S/C15H30N2O2/c1-13(2)16-15(3,14(18)19-4)9-12-17-10-7-5-6-8-11-17/h13,16H,5-12H2,1-4H3. The van der Waals surface area contributed by atoms with E-state index in [9.17, 15) is 4.79 Å². The van der Waals surface area contributed by atoms with Crippen molar-refractivity contribution in [2.24, 2.45) is 0 Å². The summed E-state index contributed by atoms with van der Waals surface area (Å²) in [6.45, 7) is 9.38. The third kappa shape index (κ3) is 5.49. The number of hydrogen-bond donors (Lipinski definition) is 1. The van der Waals surface area contributed by atoms with Crippen LogP contribution in [0.2, 0.25) is 0 Å². The molecule has 0 bridgehead atoms. The molecule has 0 radical (unpaired) electrons. The zero-order chi connectivity index (χ0) is 14.3. The highest BCUT2D eigenvalue weighted by atomic mass is 16.5. The van der Waals surface area contributed by atoms with Crippen LogP contribution >= 0.6 is 0 Å². The fourth-order valence-corrected chi connectivity index (χ4v) is 2.84. The Bertz CT molecular complexity index is 273. The molecule has 0 aromatic rings. The Labute approximate surface area is 117 Å². The lowest BCUT2D eigenvalue weighted by atomic mass is 9.96. The molecule has 1 fully saturated rings. The molecule has 1 aliphatic heterocycles. The first-order chi connectivity index (χ1) is 8.98. The maximum atomic E-state index is 12.0. The normalized spacial score (nSPS) is 20.9. The van der Waals surface area contributed by atoms with Crippen LogP contribution < -0.4 is 5.32 Å². The maximum absolute atomic E-state index is 12.0. The molecule has 1 aliphatic rings. The highest BCUT2D eigenvalue weighted by Gasteiger charge is 2.34. The van der Waals surface area contributed by atoms with Crippen LogP contribution in [0.1, 0.15) is 52.9 Å². The predicted octanol–water partition coefficient (Wildman–Crippen LogP) is 2.18. The Kier molecular flexibility index (Phi) is 6.80. The SMILES string of the molecule is COC(=O)C(C)(CCN1CCCCCC1)NC(C)C. The lowest BCUT2D eigenvalue weighted by Gasteiger charge is -2.32. The highest BCUT2D eigenvalue weighted by Crippen LogP contribution is 2.16. The lowest BCUT2D eigenvalue weighted by molar-refractivity contribution is -0.148. The number of carbonyl (C=O) groups excluding carboxylic acids is 1. The molecule has 0 amide bonds. The molecule has 1 unspecified atom stereocenters. The molecule has 112 valence electrons. The van der Waals surface area contributed by atoms with Gasteiger partial charge >= 0.3 is 5.97 Å². The molecule has 0 spiro atoms. The van der Waals surface area contributed by atoms with Crippen LogP contribution in [0.15, 0.2) is 0 Å². The maximum Gasteiger partial charge on any atom is 0.325 e. The number of rotatable bonds is 6. The topological polar surface area (TPSA) is 41.6 Å². The summed E-state index contributed by atoms with van der Waals surface area (Å²) < 4.78 is 4.96. The molecule has 0 aromatic heterocycles. The van der Waals surface area contributed by atoms with E-state index in [1.807, 2.05) is 6.92 Å². The van der Waals surface area contributed by atoms with Gasteiger partial charge in [-0.1, -0.05) is 12.8 Å². The van der Waals surface area contributed by atoms with Crippen LogP contribution in [0, 0.1) is 0 Å². The number of likely N-dealkylation sites (tertiary alicyclic amines) is 1. The summed E-state index contributed by atoms with van der Waals surface area (Å²) in [6, 6.07) is 0.272. The van der Waals surface area contributed by atoms with Gasteiger partial charge in [0.2, 0.25) is 0 Å². The Morgan fingerprint density at radius 3 is 2.32 bits per heavy atom. The van der Waals surface area contributed by atoms with Crippen molar-refractivity contribution >= 4 is 5.97 Å². The summed E-state index contributed by atoms with van der Waals surface area (Å²) in [6.07, 6.45) is 6.06. The molecule has 0 saturated carbocycles. The van der Waals surface area contributed by atoms with Crippen molar-refractivity contribution in [3.63, 3.8) is 0 Å². The molecule has 4 nitrogen and oxygen atoms in total. The zero-order valence-electron chi connectivity index (χ0n) is 13.0. The summed E-state index contributed by atoms with van der Waals surface area (Å²) in [5.74, 6) is -0.156. The number of esters is 1. The monoisotopic (exact) mass is 270 g/mol. The summed E-state index contributed by atoms with van der Waals surface area (Å²) in [4.78, 5) is 14.5. The van der Waals surface area contributed by atoms with Crippen LogP contribution in [0.5, 0.6) is 0 Å². The second-order valence-corrected chi connectivity index (χ2v) is 6.13. The Balaban J connectivity index is 2.54. The number of ether oxygens (including phenoxy) is 1. The van der Waals surface area contributed by atoms with Gasteiger partial charge in [-0.2, -0.15) is 0 Å². The molecule has 19 heavy (non-hydrogen) atoms. The smallest absolute Gasteiger partial charge is 0.325 e. The fraction of sp³-hybridized carbons (Fsp3) is 0.933. The van der Waals surface area contributed by atoms with Gasteiger partial charge < -0.3 is 9.64 Å². The quantitative estimate of drug-likeness (QED) is 0.751. The van der Waals surface area contributed by atoms with Gasteiger partial charge in [-0.3, -0.25) is 10.1 Å². The van der Waals surface area contributed by atoms with E-state index in [-0.39, 0.29) is 12.0 Å². The van der Waals surface area contributed by atoms with Crippen LogP contribution in [-0.2, 0) is 9.53 Å². The average Bonchev–Trinajstić information content (AvgIpc) is 2.63. The van der Waals surface area contributed by atoms with E-state index < -0.39 is 5.54 Å². The van der Waals surface area contributed by atoms with E-state index in [1.54, 1.807) is 0 Å². The van der Waals surface area contributed by atoms with Crippen LogP contribution in [0.3, 0.4) is 0 Å². The van der Waals surface area contributed by atoms with Gasteiger partial charge in [0.25, 0.3) is 0 Å². The van der Waals surface area contributed by atoms with Gasteiger partial charge in [0.15, 0.2) is 0 Å². The summed E-state index contributed by atoms with van der Waals surface area (Å²) in [5.41, 5.74) is -0.574. The third-order valence-electron chi connectivity index (χ3n) is 3.87. The number of nitrogens with one attached hydrogen (secondary N) is 1. The fourth-order valence-electron chi connectivity index (χ4n) is 2.84. The van der Waals surface area contributed by atoms with E-state index >= 15 is 0 Å². The number of hydrogen-bond acceptors (Lipinski definition) is 4. The summed E-state index contributed by atoms with van der Waals surface area (Å²) in [5, 5.41) is 3.36. The minimum Gasteiger partial charge on any atom is -0.468 e. The number of nitrogens with zero attached hydrogens (tertiary/aromatic N) is 1. The number of methoxy groups -OCH3 is 1. The zero-order valence-corrected chi connectivity index (χ0v) is 13.0. The van der Waals surface area contributed by atoms with Crippen molar-refractivity contribution in [3.8, 4) is 0 Å². The average molecular weight is 270 g/mol. The third-order valence-corrected chi connectivity index (χ3v) is 3.87. The highest BCUT2D eigenvalue weighted by molar-refractivity contribution is 5.80. The van der Waals surface area contributed by atoms with Crippen LogP contribution in [0.4, 0.5) is 0 Å². The first-order valence-electron chi connectivity index (χ1n) is 7.56. The van der Waals surface area contributed by atoms with E-state index in [0.29, 0.717) is 0 Å². The predicted molar refractivity (Wildman–Crippen MR) is 78.2 cm³/mol. The van der Waals surface area contributed by atoms with Gasteiger partial charge in [-0.05, 0) is 53.1 Å². The molecule has 1 N–H and O–H groups in total. The molecule has 1 saturated heterocycles. The molecule has 4 heteroatoms. The Hall–Kier alpha value is -0.610. The summed E-state index contributed by atoms with van der Waals surface area (Å²) >= 11 is 0. The van der Waals surface area contributed by atoms with Crippen molar-refractivity contribution in [2.75, 3.05) is 26.7 Å². The van der Waals surface area contributed by atoms with Crippen molar-refractivity contribution in [1.82, 2.24) is 10.2 Å².